The van der Waals surface area contributed by atoms with Crippen molar-refractivity contribution in [2.75, 3.05) is 13.1 Å². The predicted octanol–water partition coefficient (Wildman–Crippen LogP) is 2.88. The Morgan fingerprint density at radius 3 is 2.21 bits per heavy atom. The van der Waals surface area contributed by atoms with Crippen LogP contribution in [0.3, 0.4) is 0 Å². The molecular weight excluding hydrogens is 421 g/mol. The monoisotopic (exact) mass is 436 g/mol. The Labute approximate surface area is 164 Å². The second kappa shape index (κ2) is 9.26. The summed E-state index contributed by atoms with van der Waals surface area (Å²) in [5, 5.41) is 3.16. The SMILES string of the molecule is O=C(CNS(=O)(=O)c1ccc(OC(F)(F)F)cc1)NCCc1ccc(Cl)cc1. The van der Waals surface area contributed by atoms with E-state index in [1.165, 1.54) is 0 Å². The van der Waals surface area contributed by atoms with E-state index < -0.39 is 34.6 Å². The van der Waals surface area contributed by atoms with Crippen molar-refractivity contribution in [1.82, 2.24) is 10.0 Å². The van der Waals surface area contributed by atoms with Crippen LogP contribution in [-0.4, -0.2) is 33.8 Å². The summed E-state index contributed by atoms with van der Waals surface area (Å²) in [6.07, 6.45) is -4.33. The molecule has 2 N–H and O–H groups in total. The molecule has 0 heterocycles. The number of benzene rings is 2. The van der Waals surface area contributed by atoms with Crippen LogP contribution < -0.4 is 14.8 Å². The van der Waals surface area contributed by atoms with Gasteiger partial charge in [0.05, 0.1) is 11.4 Å². The fraction of sp³-hybridized carbons (Fsp3) is 0.235. The Hall–Kier alpha value is -2.30. The van der Waals surface area contributed by atoms with Crippen LogP contribution in [0.1, 0.15) is 5.56 Å². The topological polar surface area (TPSA) is 84.5 Å². The van der Waals surface area contributed by atoms with Crippen LogP contribution in [0, 0.1) is 0 Å². The standard InChI is InChI=1S/C17H16ClF3N2O4S/c18-13-3-1-12(2-4-13)9-10-22-16(24)11-23-28(25,26)15-7-5-14(6-8-15)27-17(19,20)21/h1-8,23H,9-11H2,(H,22,24). The first-order valence-corrected chi connectivity index (χ1v) is 9.78. The summed E-state index contributed by atoms with van der Waals surface area (Å²) >= 11 is 5.78. The molecule has 0 atom stereocenters. The molecule has 152 valence electrons. The van der Waals surface area contributed by atoms with Gasteiger partial charge < -0.3 is 10.1 Å². The molecule has 0 aromatic heterocycles. The molecule has 0 saturated heterocycles. The van der Waals surface area contributed by atoms with Crippen LogP contribution >= 0.6 is 11.6 Å². The molecule has 0 fully saturated rings. The molecule has 0 unspecified atom stereocenters. The zero-order valence-corrected chi connectivity index (χ0v) is 15.9. The van der Waals surface area contributed by atoms with Gasteiger partial charge in [0.1, 0.15) is 5.75 Å². The number of halogens is 4. The van der Waals surface area contributed by atoms with E-state index in [1.54, 1.807) is 12.1 Å². The van der Waals surface area contributed by atoms with E-state index in [0.29, 0.717) is 18.0 Å². The lowest BCUT2D eigenvalue weighted by atomic mass is 10.1. The van der Waals surface area contributed by atoms with E-state index in [9.17, 15) is 26.4 Å². The summed E-state index contributed by atoms with van der Waals surface area (Å²) in [6.45, 7) is -0.213. The van der Waals surface area contributed by atoms with Gasteiger partial charge >= 0.3 is 6.36 Å². The normalized spacial score (nSPS) is 11.9. The summed E-state index contributed by atoms with van der Waals surface area (Å²) in [5.74, 6) is -1.10. The smallest absolute Gasteiger partial charge is 0.406 e. The molecule has 0 spiro atoms. The Balaban J connectivity index is 1.81. The van der Waals surface area contributed by atoms with E-state index in [-0.39, 0.29) is 4.90 Å². The molecule has 0 bridgehead atoms. The van der Waals surface area contributed by atoms with Crippen molar-refractivity contribution in [3.8, 4) is 5.75 Å². The van der Waals surface area contributed by atoms with Crippen LogP contribution in [0.2, 0.25) is 5.02 Å². The summed E-state index contributed by atoms with van der Waals surface area (Å²) in [5.41, 5.74) is 0.950. The molecule has 0 saturated carbocycles. The van der Waals surface area contributed by atoms with Gasteiger partial charge in [-0.05, 0) is 48.4 Å². The summed E-state index contributed by atoms with van der Waals surface area (Å²) < 4.78 is 66.3. The molecule has 1 amide bonds. The minimum atomic E-state index is -4.87. The summed E-state index contributed by atoms with van der Waals surface area (Å²) in [4.78, 5) is 11.5. The van der Waals surface area contributed by atoms with Crippen LogP contribution in [0.15, 0.2) is 53.4 Å². The molecule has 0 radical (unpaired) electrons. The van der Waals surface area contributed by atoms with E-state index in [2.05, 4.69) is 14.8 Å². The third-order valence-corrected chi connectivity index (χ3v) is 5.11. The third kappa shape index (κ3) is 7.37. The van der Waals surface area contributed by atoms with Gasteiger partial charge in [0.15, 0.2) is 0 Å². The number of hydrogen-bond acceptors (Lipinski definition) is 4. The van der Waals surface area contributed by atoms with Gasteiger partial charge in [-0.15, -0.1) is 13.2 Å². The number of nitrogens with one attached hydrogen (secondary N) is 2. The fourth-order valence-electron chi connectivity index (χ4n) is 2.12. The van der Waals surface area contributed by atoms with E-state index in [1.807, 2.05) is 12.1 Å². The molecule has 6 nitrogen and oxygen atoms in total. The lowest BCUT2D eigenvalue weighted by Crippen LogP contribution is -2.37. The van der Waals surface area contributed by atoms with Crippen molar-refractivity contribution >= 4 is 27.5 Å². The quantitative estimate of drug-likeness (QED) is 0.666. The third-order valence-electron chi connectivity index (χ3n) is 3.44. The zero-order chi connectivity index (χ0) is 20.8. The van der Waals surface area contributed by atoms with Crippen molar-refractivity contribution in [2.24, 2.45) is 0 Å². The summed E-state index contributed by atoms with van der Waals surface area (Å²) in [6, 6.07) is 10.7. The second-order valence-corrected chi connectivity index (χ2v) is 7.77. The van der Waals surface area contributed by atoms with Crippen molar-refractivity contribution in [3.63, 3.8) is 0 Å². The minimum absolute atomic E-state index is 0.295. The average Bonchev–Trinajstić information content (AvgIpc) is 2.61. The van der Waals surface area contributed by atoms with Gasteiger partial charge in [-0.3, -0.25) is 4.79 Å². The Morgan fingerprint density at radius 2 is 1.64 bits per heavy atom. The molecule has 2 aromatic rings. The number of amides is 1. The number of rotatable bonds is 8. The largest absolute Gasteiger partial charge is 0.573 e. The molecule has 0 aliphatic heterocycles. The van der Waals surface area contributed by atoms with Gasteiger partial charge in [-0.25, -0.2) is 13.1 Å². The maximum Gasteiger partial charge on any atom is 0.573 e. The molecule has 0 aliphatic rings. The number of sulfonamides is 1. The predicted molar refractivity (Wildman–Crippen MR) is 96.5 cm³/mol. The zero-order valence-electron chi connectivity index (χ0n) is 14.3. The number of hydrogen-bond donors (Lipinski definition) is 2. The molecular formula is C17H16ClF3N2O4S. The van der Waals surface area contributed by atoms with Gasteiger partial charge in [0.25, 0.3) is 0 Å². The van der Waals surface area contributed by atoms with E-state index in [4.69, 9.17) is 11.6 Å². The van der Waals surface area contributed by atoms with E-state index in [0.717, 1.165) is 29.8 Å². The minimum Gasteiger partial charge on any atom is -0.406 e. The van der Waals surface area contributed by atoms with Gasteiger partial charge in [-0.1, -0.05) is 23.7 Å². The summed E-state index contributed by atoms with van der Waals surface area (Å²) in [7, 11) is -4.06. The number of carbonyl (C=O) groups excluding carboxylic acids is 1. The van der Waals surface area contributed by atoms with Gasteiger partial charge in [0.2, 0.25) is 15.9 Å². The van der Waals surface area contributed by atoms with Gasteiger partial charge in [0, 0.05) is 11.6 Å². The number of ether oxygens (including phenoxy) is 1. The highest BCUT2D eigenvalue weighted by Crippen LogP contribution is 2.23. The van der Waals surface area contributed by atoms with Crippen LogP contribution in [-0.2, 0) is 21.2 Å². The maximum absolute atomic E-state index is 12.1. The van der Waals surface area contributed by atoms with Crippen molar-refractivity contribution in [1.29, 1.82) is 0 Å². The second-order valence-electron chi connectivity index (χ2n) is 5.57. The fourth-order valence-corrected chi connectivity index (χ4v) is 3.23. The van der Waals surface area contributed by atoms with Crippen LogP contribution in [0.5, 0.6) is 5.75 Å². The Bertz CT molecular complexity index is 901. The highest BCUT2D eigenvalue weighted by Gasteiger charge is 2.31. The molecule has 0 aliphatic carbocycles. The maximum atomic E-state index is 12.1. The van der Waals surface area contributed by atoms with Crippen LogP contribution in [0.4, 0.5) is 13.2 Å². The van der Waals surface area contributed by atoms with Gasteiger partial charge in [-0.2, -0.15) is 0 Å². The Morgan fingerprint density at radius 1 is 1.04 bits per heavy atom. The van der Waals surface area contributed by atoms with E-state index >= 15 is 0 Å². The van der Waals surface area contributed by atoms with Crippen LogP contribution in [0.25, 0.3) is 0 Å². The van der Waals surface area contributed by atoms with Crippen molar-refractivity contribution < 1.29 is 31.1 Å². The highest BCUT2D eigenvalue weighted by molar-refractivity contribution is 7.89. The number of alkyl halides is 3. The first kappa shape index (κ1) is 22.0. The van der Waals surface area contributed by atoms with Crippen molar-refractivity contribution in [2.45, 2.75) is 17.7 Å². The lowest BCUT2D eigenvalue weighted by molar-refractivity contribution is -0.274. The molecule has 2 rings (SSSR count). The number of carbonyl (C=O) groups is 1. The molecule has 28 heavy (non-hydrogen) atoms. The Kier molecular flexibility index (Phi) is 7.28. The van der Waals surface area contributed by atoms with Crippen molar-refractivity contribution in [3.05, 3.63) is 59.1 Å². The first-order chi connectivity index (χ1) is 13.0. The first-order valence-electron chi connectivity index (χ1n) is 7.92. The highest BCUT2D eigenvalue weighted by atomic mass is 35.5. The lowest BCUT2D eigenvalue weighted by Gasteiger charge is -2.10. The molecule has 11 heteroatoms. The average molecular weight is 437 g/mol. The molecule has 2 aromatic carbocycles.